The van der Waals surface area contributed by atoms with E-state index in [4.69, 9.17) is 0 Å². The molecule has 0 bridgehead atoms. The Balaban J connectivity index is 1.25. The van der Waals surface area contributed by atoms with Crippen molar-refractivity contribution in [1.29, 1.82) is 0 Å². The maximum Gasteiger partial charge on any atom is 0.0934 e. The lowest BCUT2D eigenvalue weighted by Gasteiger charge is -2.38. The normalized spacial score (nSPS) is 26.4. The van der Waals surface area contributed by atoms with Crippen LogP contribution in [0.5, 0.6) is 0 Å². The summed E-state index contributed by atoms with van der Waals surface area (Å²) < 4.78 is 12.5. The molecular formula is C31H41F. The summed E-state index contributed by atoms with van der Waals surface area (Å²) in [5.74, 6) is 3.70. The molecule has 0 unspecified atom stereocenters. The third-order valence-electron chi connectivity index (χ3n) is 8.36. The first kappa shape index (κ1) is 23.3. The molecule has 4 rings (SSSR count). The van der Waals surface area contributed by atoms with E-state index in [1.165, 1.54) is 80.9 Å². The summed E-state index contributed by atoms with van der Waals surface area (Å²) in [6, 6.07) is 17.6. The van der Waals surface area contributed by atoms with Crippen LogP contribution in [0.3, 0.4) is 0 Å². The van der Waals surface area contributed by atoms with E-state index in [1.807, 2.05) is 0 Å². The molecule has 0 N–H and O–H groups in total. The Morgan fingerprint density at radius 1 is 0.750 bits per heavy atom. The molecule has 172 valence electrons. The molecule has 2 aliphatic carbocycles. The van der Waals surface area contributed by atoms with Crippen molar-refractivity contribution >= 4 is 0 Å². The van der Waals surface area contributed by atoms with E-state index in [0.717, 1.165) is 29.2 Å². The topological polar surface area (TPSA) is 0 Å². The Labute approximate surface area is 195 Å². The number of allylic oxidation sites excluding steroid dienone is 2. The SMILES string of the molecule is CC=CCC[C@H]1CC[C@H]([C@H]2CC[C@H](c3ccc(-c4ccc(CCF)cc4)cc3)CC2)CC1. The summed E-state index contributed by atoms with van der Waals surface area (Å²) in [6.45, 7) is 1.85. The molecule has 0 heterocycles. The van der Waals surface area contributed by atoms with E-state index < -0.39 is 0 Å². The Morgan fingerprint density at radius 3 is 1.88 bits per heavy atom. The van der Waals surface area contributed by atoms with Gasteiger partial charge in [0.05, 0.1) is 6.67 Å². The highest BCUT2D eigenvalue weighted by atomic mass is 19.1. The first-order valence-electron chi connectivity index (χ1n) is 13.1. The molecule has 1 heteroatoms. The maximum absolute atomic E-state index is 12.5. The van der Waals surface area contributed by atoms with Gasteiger partial charge in [-0.25, -0.2) is 0 Å². The van der Waals surface area contributed by atoms with Crippen LogP contribution >= 0.6 is 0 Å². The summed E-state index contributed by atoms with van der Waals surface area (Å²) in [5.41, 5.74) is 5.09. The van der Waals surface area contributed by atoms with Crippen molar-refractivity contribution in [2.24, 2.45) is 17.8 Å². The molecule has 2 aromatic rings. The Kier molecular flexibility index (Phi) is 8.60. The van der Waals surface area contributed by atoms with Crippen molar-refractivity contribution < 1.29 is 4.39 Å². The second-order valence-electron chi connectivity index (χ2n) is 10.3. The quantitative estimate of drug-likeness (QED) is 0.364. The number of alkyl halides is 1. The number of rotatable bonds is 8. The van der Waals surface area contributed by atoms with E-state index in [1.54, 1.807) is 0 Å². The monoisotopic (exact) mass is 432 g/mol. The third-order valence-corrected chi connectivity index (χ3v) is 8.36. The fourth-order valence-corrected chi connectivity index (χ4v) is 6.29. The van der Waals surface area contributed by atoms with Crippen molar-refractivity contribution in [3.05, 3.63) is 71.8 Å². The predicted octanol–water partition coefficient (Wildman–Crippen LogP) is 9.30. The lowest BCUT2D eigenvalue weighted by molar-refractivity contribution is 0.157. The lowest BCUT2D eigenvalue weighted by atomic mass is 9.68. The second-order valence-corrected chi connectivity index (χ2v) is 10.3. The largest absolute Gasteiger partial charge is 0.251 e. The van der Waals surface area contributed by atoms with Gasteiger partial charge in [0, 0.05) is 6.42 Å². The van der Waals surface area contributed by atoms with Crippen molar-refractivity contribution in [2.75, 3.05) is 6.67 Å². The van der Waals surface area contributed by atoms with Crippen LogP contribution < -0.4 is 0 Å². The predicted molar refractivity (Wildman–Crippen MR) is 136 cm³/mol. The van der Waals surface area contributed by atoms with Gasteiger partial charge in [-0.05, 0) is 104 Å². The first-order valence-corrected chi connectivity index (χ1v) is 13.1. The zero-order valence-electron chi connectivity index (χ0n) is 19.9. The number of hydrogen-bond acceptors (Lipinski definition) is 0. The molecule has 2 aliphatic rings. The molecule has 2 fully saturated rings. The van der Waals surface area contributed by atoms with Crippen LogP contribution in [0.2, 0.25) is 0 Å². The van der Waals surface area contributed by atoms with Crippen molar-refractivity contribution in [3.63, 3.8) is 0 Å². The van der Waals surface area contributed by atoms with Crippen LogP contribution in [-0.2, 0) is 6.42 Å². The van der Waals surface area contributed by atoms with Gasteiger partial charge >= 0.3 is 0 Å². The maximum atomic E-state index is 12.5. The van der Waals surface area contributed by atoms with E-state index in [-0.39, 0.29) is 6.67 Å². The van der Waals surface area contributed by atoms with E-state index in [2.05, 4.69) is 67.6 Å². The van der Waals surface area contributed by atoms with Gasteiger partial charge in [-0.2, -0.15) is 0 Å². The van der Waals surface area contributed by atoms with E-state index >= 15 is 0 Å². The first-order chi connectivity index (χ1) is 15.8. The second kappa shape index (κ2) is 11.8. The molecule has 0 amide bonds. The van der Waals surface area contributed by atoms with Crippen LogP contribution in [0.15, 0.2) is 60.7 Å². The highest BCUT2D eigenvalue weighted by Gasteiger charge is 2.31. The van der Waals surface area contributed by atoms with E-state index in [0.29, 0.717) is 6.42 Å². The van der Waals surface area contributed by atoms with Gasteiger partial charge in [-0.3, -0.25) is 4.39 Å². The highest BCUT2D eigenvalue weighted by molar-refractivity contribution is 5.64. The molecule has 0 atom stereocenters. The number of halogens is 1. The van der Waals surface area contributed by atoms with Crippen LogP contribution in [0.25, 0.3) is 11.1 Å². The van der Waals surface area contributed by atoms with Gasteiger partial charge in [0.2, 0.25) is 0 Å². The molecule has 2 saturated carbocycles. The Morgan fingerprint density at radius 2 is 1.31 bits per heavy atom. The van der Waals surface area contributed by atoms with Gasteiger partial charge in [-0.1, -0.05) is 73.5 Å². The van der Waals surface area contributed by atoms with Gasteiger partial charge in [0.15, 0.2) is 0 Å². The zero-order chi connectivity index (χ0) is 22.2. The zero-order valence-corrected chi connectivity index (χ0v) is 19.9. The number of hydrogen-bond donors (Lipinski definition) is 0. The van der Waals surface area contributed by atoms with Gasteiger partial charge in [-0.15, -0.1) is 0 Å². The molecule has 0 saturated heterocycles. The average Bonchev–Trinajstić information content (AvgIpc) is 2.86. The molecule has 0 nitrogen and oxygen atoms in total. The van der Waals surface area contributed by atoms with Crippen LogP contribution in [0.4, 0.5) is 4.39 Å². The van der Waals surface area contributed by atoms with Gasteiger partial charge < -0.3 is 0 Å². The molecular weight excluding hydrogens is 391 g/mol. The molecule has 32 heavy (non-hydrogen) atoms. The smallest absolute Gasteiger partial charge is 0.0934 e. The minimum absolute atomic E-state index is 0.283. The van der Waals surface area contributed by atoms with Crippen molar-refractivity contribution in [2.45, 2.75) is 83.5 Å². The van der Waals surface area contributed by atoms with Gasteiger partial charge in [0.1, 0.15) is 0 Å². The summed E-state index contributed by atoms with van der Waals surface area (Å²) >= 11 is 0. The van der Waals surface area contributed by atoms with Crippen LogP contribution in [0.1, 0.15) is 88.2 Å². The Hall–Kier alpha value is -1.89. The van der Waals surface area contributed by atoms with Crippen molar-refractivity contribution in [1.82, 2.24) is 0 Å². The van der Waals surface area contributed by atoms with Crippen LogP contribution in [0, 0.1) is 17.8 Å². The standard InChI is InChI=1S/C31H41F/c1-2-3-4-5-24-6-10-26(11-7-24)28-14-18-30(19-15-28)31-20-16-29(17-21-31)27-12-8-25(9-13-27)22-23-32/h2-3,8-9,12-13,16-17,20-21,24,26,28,30H,4-7,10-11,14-15,18-19,22-23H2,1H3/t24-,26-,28-,30-. The highest BCUT2D eigenvalue weighted by Crippen LogP contribution is 2.44. The van der Waals surface area contributed by atoms with Crippen LogP contribution in [-0.4, -0.2) is 6.67 Å². The third kappa shape index (κ3) is 6.12. The lowest BCUT2D eigenvalue weighted by Crippen LogP contribution is -2.25. The fourth-order valence-electron chi connectivity index (χ4n) is 6.29. The molecule has 2 aromatic carbocycles. The molecule has 0 radical (unpaired) electrons. The molecule has 0 spiro atoms. The van der Waals surface area contributed by atoms with Gasteiger partial charge in [0.25, 0.3) is 0 Å². The summed E-state index contributed by atoms with van der Waals surface area (Å²) in [4.78, 5) is 0. The minimum atomic E-state index is -0.283. The molecule has 0 aromatic heterocycles. The number of benzene rings is 2. The van der Waals surface area contributed by atoms with E-state index in [9.17, 15) is 4.39 Å². The summed E-state index contributed by atoms with van der Waals surface area (Å²) in [5, 5.41) is 0. The summed E-state index contributed by atoms with van der Waals surface area (Å²) in [6.07, 6.45) is 19.2. The van der Waals surface area contributed by atoms with Crippen molar-refractivity contribution in [3.8, 4) is 11.1 Å². The average molecular weight is 433 g/mol. The summed E-state index contributed by atoms with van der Waals surface area (Å²) in [7, 11) is 0. The molecule has 0 aliphatic heterocycles. The number of aryl methyl sites for hydroxylation is 1. The Bertz CT molecular complexity index is 816. The minimum Gasteiger partial charge on any atom is -0.251 e. The fraction of sp³-hybridized carbons (Fsp3) is 0.548.